The van der Waals surface area contributed by atoms with Crippen molar-refractivity contribution >= 4 is 58.2 Å². The number of anilines is 1. The maximum Gasteiger partial charge on any atom is 0.338 e. The summed E-state index contributed by atoms with van der Waals surface area (Å²) in [5.41, 5.74) is 1.72. The van der Waals surface area contributed by atoms with Gasteiger partial charge in [-0.15, -0.1) is 5.10 Å². The van der Waals surface area contributed by atoms with E-state index in [1.807, 2.05) is 0 Å². The van der Waals surface area contributed by atoms with E-state index in [9.17, 15) is 14.4 Å². The smallest absolute Gasteiger partial charge is 0.338 e. The Kier molecular flexibility index (Phi) is 7.80. The van der Waals surface area contributed by atoms with Gasteiger partial charge in [0.25, 0.3) is 0 Å². The van der Waals surface area contributed by atoms with Crippen molar-refractivity contribution in [2.75, 3.05) is 11.9 Å². The molecule has 0 aromatic heterocycles. The van der Waals surface area contributed by atoms with Gasteiger partial charge in [0, 0.05) is 17.1 Å². The van der Waals surface area contributed by atoms with Crippen molar-refractivity contribution in [2.45, 2.75) is 18.6 Å². The molecule has 0 spiro atoms. The fraction of sp³-hybridized carbons (Fsp3) is 0.190. The third kappa shape index (κ3) is 6.66. The highest BCUT2D eigenvalue weighted by Crippen LogP contribution is 2.23. The van der Waals surface area contributed by atoms with E-state index < -0.39 is 11.2 Å². The van der Waals surface area contributed by atoms with Crippen LogP contribution in [0.15, 0.2) is 58.7 Å². The van der Waals surface area contributed by atoms with Crippen molar-refractivity contribution in [2.24, 2.45) is 10.2 Å². The molecule has 2 N–H and O–H groups in total. The van der Waals surface area contributed by atoms with Crippen LogP contribution in [0.3, 0.4) is 0 Å². The Bertz CT molecular complexity index is 1020. The fourth-order valence-corrected chi connectivity index (χ4v) is 3.62. The van der Waals surface area contributed by atoms with Crippen molar-refractivity contribution < 1.29 is 19.1 Å². The molecule has 1 aliphatic rings. The van der Waals surface area contributed by atoms with Crippen molar-refractivity contribution in [1.82, 2.24) is 5.32 Å². The standard InChI is InChI=1S/C21H19ClN4O4S/c1-2-30-20(29)14-5-9-16(10-6-14)24-18(27)11-17-19(28)25-21(31-17)26-23-12-13-3-7-15(22)8-4-13/h3-10,12,17H,2,11H2,1H3,(H,24,27)(H,25,26,28)/b23-12-/t17-/m0/s1. The van der Waals surface area contributed by atoms with Crippen molar-refractivity contribution in [3.8, 4) is 0 Å². The van der Waals surface area contributed by atoms with Crippen LogP contribution >= 0.6 is 23.4 Å². The van der Waals surface area contributed by atoms with E-state index in [0.29, 0.717) is 21.4 Å². The predicted octanol–water partition coefficient (Wildman–Crippen LogP) is 3.47. The van der Waals surface area contributed by atoms with E-state index in [1.165, 1.54) is 6.21 Å². The number of nitrogens with one attached hydrogen (secondary N) is 2. The van der Waals surface area contributed by atoms with E-state index in [2.05, 4.69) is 20.8 Å². The highest BCUT2D eigenvalue weighted by atomic mass is 35.5. The first-order valence-corrected chi connectivity index (χ1v) is 10.6. The molecular formula is C21H19ClN4O4S. The minimum Gasteiger partial charge on any atom is -0.462 e. The molecular weight excluding hydrogens is 440 g/mol. The molecule has 2 amide bonds. The van der Waals surface area contributed by atoms with Crippen LogP contribution in [0.4, 0.5) is 5.69 Å². The third-order valence-electron chi connectivity index (χ3n) is 4.05. The molecule has 1 atom stereocenters. The number of carbonyl (C=O) groups is 3. The van der Waals surface area contributed by atoms with Crippen molar-refractivity contribution in [3.05, 3.63) is 64.7 Å². The van der Waals surface area contributed by atoms with Crippen LogP contribution < -0.4 is 10.6 Å². The molecule has 1 fully saturated rings. The highest BCUT2D eigenvalue weighted by molar-refractivity contribution is 8.15. The Hall–Kier alpha value is -3.17. The number of hydrogen-bond acceptors (Lipinski definition) is 7. The van der Waals surface area contributed by atoms with Crippen LogP contribution in [0.5, 0.6) is 0 Å². The van der Waals surface area contributed by atoms with Gasteiger partial charge in [0.1, 0.15) is 5.25 Å². The molecule has 3 rings (SSSR count). The summed E-state index contributed by atoms with van der Waals surface area (Å²) < 4.78 is 4.92. The van der Waals surface area contributed by atoms with Gasteiger partial charge in [0.15, 0.2) is 5.17 Å². The number of nitrogens with zero attached hydrogens (tertiary/aromatic N) is 2. The van der Waals surface area contributed by atoms with E-state index >= 15 is 0 Å². The maximum atomic E-state index is 12.3. The zero-order valence-electron chi connectivity index (χ0n) is 16.5. The minimum atomic E-state index is -0.608. The molecule has 0 bridgehead atoms. The number of hydrogen-bond donors (Lipinski definition) is 2. The third-order valence-corrected chi connectivity index (χ3v) is 5.38. The summed E-state index contributed by atoms with van der Waals surface area (Å²) in [6, 6.07) is 13.4. The second-order valence-electron chi connectivity index (χ2n) is 6.35. The van der Waals surface area contributed by atoms with Gasteiger partial charge >= 0.3 is 5.97 Å². The van der Waals surface area contributed by atoms with Gasteiger partial charge in [-0.1, -0.05) is 35.5 Å². The van der Waals surface area contributed by atoms with Gasteiger partial charge in [-0.2, -0.15) is 5.10 Å². The lowest BCUT2D eigenvalue weighted by atomic mass is 10.2. The first-order chi connectivity index (χ1) is 14.9. The van der Waals surface area contributed by atoms with E-state index in [-0.39, 0.29) is 24.8 Å². The van der Waals surface area contributed by atoms with E-state index in [1.54, 1.807) is 55.5 Å². The van der Waals surface area contributed by atoms with Crippen LogP contribution in [0.1, 0.15) is 29.3 Å². The summed E-state index contributed by atoms with van der Waals surface area (Å²) in [6.07, 6.45) is 1.51. The van der Waals surface area contributed by atoms with Crippen LogP contribution in [0.25, 0.3) is 0 Å². The quantitative estimate of drug-likeness (QED) is 0.375. The highest BCUT2D eigenvalue weighted by Gasteiger charge is 2.32. The summed E-state index contributed by atoms with van der Waals surface area (Å²) in [5, 5.41) is 13.6. The number of thioether (sulfide) groups is 1. The van der Waals surface area contributed by atoms with Crippen LogP contribution in [-0.4, -0.2) is 41.0 Å². The van der Waals surface area contributed by atoms with Crippen molar-refractivity contribution in [3.63, 3.8) is 0 Å². The fourth-order valence-electron chi connectivity index (χ4n) is 2.57. The maximum absolute atomic E-state index is 12.3. The van der Waals surface area contributed by atoms with Crippen molar-refractivity contribution in [1.29, 1.82) is 0 Å². The largest absolute Gasteiger partial charge is 0.462 e. The summed E-state index contributed by atoms with van der Waals surface area (Å²) in [6.45, 7) is 2.02. The molecule has 160 valence electrons. The molecule has 10 heteroatoms. The number of esters is 1. The average Bonchev–Trinajstić information content (AvgIpc) is 3.09. The monoisotopic (exact) mass is 458 g/mol. The predicted molar refractivity (Wildman–Crippen MR) is 122 cm³/mol. The molecule has 0 aliphatic carbocycles. The SMILES string of the molecule is CCOC(=O)c1ccc(NC(=O)C[C@@H]2S/C(=N\N=C/c3ccc(Cl)cc3)NC2=O)cc1. The molecule has 0 unspecified atom stereocenters. The summed E-state index contributed by atoms with van der Waals surface area (Å²) in [4.78, 5) is 36.1. The first-order valence-electron chi connectivity index (χ1n) is 9.35. The van der Waals surface area contributed by atoms with Gasteiger partial charge in [-0.3, -0.25) is 9.59 Å². The minimum absolute atomic E-state index is 0.0317. The van der Waals surface area contributed by atoms with Gasteiger partial charge in [0.05, 0.1) is 18.4 Å². The Morgan fingerprint density at radius 2 is 1.90 bits per heavy atom. The number of carbonyl (C=O) groups excluding carboxylic acids is 3. The molecule has 1 aliphatic heterocycles. The van der Waals surface area contributed by atoms with Crippen LogP contribution in [-0.2, 0) is 14.3 Å². The van der Waals surface area contributed by atoms with Crippen LogP contribution in [0.2, 0.25) is 5.02 Å². The molecule has 31 heavy (non-hydrogen) atoms. The summed E-state index contributed by atoms with van der Waals surface area (Å²) in [5.74, 6) is -1.06. The lowest BCUT2D eigenvalue weighted by Crippen LogP contribution is -2.28. The molecule has 2 aromatic carbocycles. The first kappa shape index (κ1) is 22.5. The summed E-state index contributed by atoms with van der Waals surface area (Å²) >= 11 is 6.97. The second-order valence-corrected chi connectivity index (χ2v) is 7.98. The lowest BCUT2D eigenvalue weighted by molar-refractivity contribution is -0.122. The molecule has 1 saturated heterocycles. The Balaban J connectivity index is 1.51. The normalized spacial score (nSPS) is 17.0. The average molecular weight is 459 g/mol. The molecule has 0 saturated carbocycles. The van der Waals surface area contributed by atoms with E-state index in [4.69, 9.17) is 16.3 Å². The molecule has 8 nitrogen and oxygen atoms in total. The van der Waals surface area contributed by atoms with Gasteiger partial charge < -0.3 is 15.4 Å². The summed E-state index contributed by atoms with van der Waals surface area (Å²) in [7, 11) is 0. The van der Waals surface area contributed by atoms with Crippen LogP contribution in [0, 0.1) is 0 Å². The number of halogens is 1. The Morgan fingerprint density at radius 3 is 2.58 bits per heavy atom. The number of amides is 2. The number of benzene rings is 2. The van der Waals surface area contributed by atoms with Gasteiger partial charge in [-0.05, 0) is 48.9 Å². The zero-order chi connectivity index (χ0) is 22.2. The lowest BCUT2D eigenvalue weighted by Gasteiger charge is -2.08. The second kappa shape index (κ2) is 10.7. The number of ether oxygens (including phenoxy) is 1. The molecule has 0 radical (unpaired) electrons. The topological polar surface area (TPSA) is 109 Å². The van der Waals surface area contributed by atoms with Gasteiger partial charge in [0.2, 0.25) is 11.8 Å². The van der Waals surface area contributed by atoms with Gasteiger partial charge in [-0.25, -0.2) is 4.79 Å². The Morgan fingerprint density at radius 1 is 1.19 bits per heavy atom. The molecule has 2 aromatic rings. The number of rotatable bonds is 7. The number of amidine groups is 1. The Labute approximate surface area is 188 Å². The van der Waals surface area contributed by atoms with E-state index in [0.717, 1.165) is 17.3 Å². The zero-order valence-corrected chi connectivity index (χ0v) is 18.1. The molecule has 1 heterocycles.